The lowest BCUT2D eigenvalue weighted by atomic mass is 10.3. The quantitative estimate of drug-likeness (QED) is 0.822. The van der Waals surface area contributed by atoms with Crippen molar-refractivity contribution >= 4 is 11.5 Å². The first-order valence-corrected chi connectivity index (χ1v) is 6.48. The van der Waals surface area contributed by atoms with Crippen molar-refractivity contribution in [1.82, 2.24) is 4.98 Å². The van der Waals surface area contributed by atoms with Crippen LogP contribution in [0.2, 0.25) is 0 Å². The fraction of sp³-hybridized carbons (Fsp3) is 0.615. The summed E-state index contributed by atoms with van der Waals surface area (Å²) >= 11 is 0. The lowest BCUT2D eigenvalue weighted by molar-refractivity contribution is -0.119. The molecule has 1 rings (SSSR count). The third kappa shape index (κ3) is 5.81. The third-order valence-corrected chi connectivity index (χ3v) is 2.53. The van der Waals surface area contributed by atoms with E-state index < -0.39 is 12.7 Å². The van der Waals surface area contributed by atoms with Gasteiger partial charge in [-0.05, 0) is 18.9 Å². The smallest absolute Gasteiger partial charge is 0.370 e. The highest BCUT2D eigenvalue weighted by Gasteiger charge is 2.30. The lowest BCUT2D eigenvalue weighted by Crippen LogP contribution is -2.34. The molecular weight excluding hydrogens is 255 g/mol. The molecule has 0 atom stereocenters. The van der Waals surface area contributed by atoms with E-state index in [9.17, 15) is 13.2 Å². The van der Waals surface area contributed by atoms with Crippen LogP contribution < -0.4 is 10.2 Å². The Balaban J connectivity index is 2.83. The molecule has 0 amide bonds. The molecule has 0 aliphatic carbocycles. The van der Waals surface area contributed by atoms with Gasteiger partial charge in [-0.3, -0.25) is 0 Å². The molecule has 19 heavy (non-hydrogen) atoms. The van der Waals surface area contributed by atoms with E-state index in [1.807, 2.05) is 13.8 Å². The average molecular weight is 275 g/mol. The van der Waals surface area contributed by atoms with Gasteiger partial charge in [0.05, 0.1) is 0 Å². The number of halogens is 3. The average Bonchev–Trinajstić information content (AvgIpc) is 2.35. The molecule has 108 valence electrons. The van der Waals surface area contributed by atoms with Crippen molar-refractivity contribution in [3.63, 3.8) is 0 Å². The molecular formula is C13H20F3N3. The zero-order valence-electron chi connectivity index (χ0n) is 11.3. The van der Waals surface area contributed by atoms with E-state index >= 15 is 0 Å². The van der Waals surface area contributed by atoms with Crippen LogP contribution in [0.25, 0.3) is 0 Å². The van der Waals surface area contributed by atoms with Gasteiger partial charge in [-0.1, -0.05) is 13.8 Å². The van der Waals surface area contributed by atoms with E-state index in [1.54, 1.807) is 12.1 Å². The summed E-state index contributed by atoms with van der Waals surface area (Å²) in [5.41, 5.74) is 0.549. The summed E-state index contributed by atoms with van der Waals surface area (Å²) in [5, 5.41) is 3.08. The number of pyridine rings is 1. The standard InChI is InChI=1S/C13H20F3N3/c1-3-6-17-12-9-11(5-7-18-12)19(8-4-2)10-13(14,15)16/h5,7,9H,3-4,6,8,10H2,1-2H3,(H,17,18). The Hall–Kier alpha value is -1.46. The first kappa shape index (κ1) is 15.6. The summed E-state index contributed by atoms with van der Waals surface area (Å²) in [4.78, 5) is 5.43. The SMILES string of the molecule is CCCNc1cc(N(CCC)CC(F)(F)F)ccn1. The molecule has 0 fully saturated rings. The maximum absolute atomic E-state index is 12.5. The Labute approximate surface area is 111 Å². The highest BCUT2D eigenvalue weighted by molar-refractivity contribution is 5.54. The molecule has 0 aliphatic rings. The second-order valence-corrected chi connectivity index (χ2v) is 4.36. The molecule has 1 N–H and O–H groups in total. The van der Waals surface area contributed by atoms with E-state index in [2.05, 4.69) is 10.3 Å². The molecule has 0 radical (unpaired) electrons. The van der Waals surface area contributed by atoms with Crippen LogP contribution in [0.4, 0.5) is 24.7 Å². The van der Waals surface area contributed by atoms with Crippen molar-refractivity contribution in [2.75, 3.05) is 29.9 Å². The van der Waals surface area contributed by atoms with Gasteiger partial charge in [0.1, 0.15) is 12.4 Å². The van der Waals surface area contributed by atoms with Crippen molar-refractivity contribution in [1.29, 1.82) is 0 Å². The molecule has 0 saturated heterocycles. The van der Waals surface area contributed by atoms with Crippen LogP contribution in [0.1, 0.15) is 26.7 Å². The number of nitrogens with one attached hydrogen (secondary N) is 1. The first-order valence-electron chi connectivity index (χ1n) is 6.48. The van der Waals surface area contributed by atoms with Gasteiger partial charge in [-0.25, -0.2) is 4.98 Å². The van der Waals surface area contributed by atoms with Gasteiger partial charge in [-0.2, -0.15) is 13.2 Å². The normalized spacial score (nSPS) is 11.4. The summed E-state index contributed by atoms with van der Waals surface area (Å²) < 4.78 is 37.6. The van der Waals surface area contributed by atoms with Crippen LogP contribution in [-0.4, -0.2) is 30.8 Å². The number of hydrogen-bond donors (Lipinski definition) is 1. The summed E-state index contributed by atoms with van der Waals surface area (Å²) in [5.74, 6) is 0.614. The highest BCUT2D eigenvalue weighted by atomic mass is 19.4. The number of alkyl halides is 3. The van der Waals surface area contributed by atoms with Gasteiger partial charge in [0.2, 0.25) is 0 Å². The molecule has 0 spiro atoms. The van der Waals surface area contributed by atoms with Gasteiger partial charge in [0.15, 0.2) is 0 Å². The van der Waals surface area contributed by atoms with Gasteiger partial charge < -0.3 is 10.2 Å². The summed E-state index contributed by atoms with van der Waals surface area (Å²) in [6.45, 7) is 4.07. The van der Waals surface area contributed by atoms with Crippen LogP contribution >= 0.6 is 0 Å². The van der Waals surface area contributed by atoms with Crippen LogP contribution in [0.15, 0.2) is 18.3 Å². The molecule has 6 heteroatoms. The summed E-state index contributed by atoms with van der Waals surface area (Å²) in [7, 11) is 0. The Kier molecular flexibility index (Phi) is 5.92. The number of hydrogen-bond acceptors (Lipinski definition) is 3. The van der Waals surface area contributed by atoms with Crippen molar-refractivity contribution < 1.29 is 13.2 Å². The first-order chi connectivity index (χ1) is 8.96. The van der Waals surface area contributed by atoms with E-state index in [0.717, 1.165) is 13.0 Å². The Morgan fingerprint density at radius 1 is 1.26 bits per heavy atom. The molecule has 0 saturated carbocycles. The van der Waals surface area contributed by atoms with Crippen molar-refractivity contribution in [2.24, 2.45) is 0 Å². The fourth-order valence-electron chi connectivity index (χ4n) is 1.75. The van der Waals surface area contributed by atoms with Crippen LogP contribution in [0.5, 0.6) is 0 Å². The van der Waals surface area contributed by atoms with Crippen LogP contribution in [0, 0.1) is 0 Å². The maximum Gasteiger partial charge on any atom is 0.405 e. The third-order valence-electron chi connectivity index (χ3n) is 2.53. The topological polar surface area (TPSA) is 28.2 Å². The lowest BCUT2D eigenvalue weighted by Gasteiger charge is -2.25. The minimum absolute atomic E-state index is 0.372. The van der Waals surface area contributed by atoms with E-state index in [1.165, 1.54) is 11.1 Å². The molecule has 0 unspecified atom stereocenters. The predicted molar refractivity (Wildman–Crippen MR) is 71.6 cm³/mol. The zero-order valence-corrected chi connectivity index (χ0v) is 11.3. The van der Waals surface area contributed by atoms with E-state index in [0.29, 0.717) is 24.5 Å². The Morgan fingerprint density at radius 2 is 2.00 bits per heavy atom. The van der Waals surface area contributed by atoms with Gasteiger partial charge in [-0.15, -0.1) is 0 Å². The molecule has 0 aromatic carbocycles. The Bertz CT molecular complexity index is 380. The number of rotatable bonds is 7. The molecule has 0 aliphatic heterocycles. The Morgan fingerprint density at radius 3 is 2.58 bits per heavy atom. The number of aromatic nitrogens is 1. The predicted octanol–water partition coefficient (Wildman–Crippen LogP) is 3.68. The van der Waals surface area contributed by atoms with Crippen LogP contribution in [0.3, 0.4) is 0 Å². The molecule has 1 aromatic heterocycles. The maximum atomic E-state index is 12.5. The second-order valence-electron chi connectivity index (χ2n) is 4.36. The summed E-state index contributed by atoms with van der Waals surface area (Å²) in [6.07, 6.45) is -1.06. The van der Waals surface area contributed by atoms with Crippen LogP contribution in [-0.2, 0) is 0 Å². The van der Waals surface area contributed by atoms with Gasteiger partial charge in [0, 0.05) is 31.0 Å². The van der Waals surface area contributed by atoms with Crippen molar-refractivity contribution in [3.8, 4) is 0 Å². The fourth-order valence-corrected chi connectivity index (χ4v) is 1.75. The molecule has 0 bridgehead atoms. The van der Waals surface area contributed by atoms with Gasteiger partial charge >= 0.3 is 6.18 Å². The number of nitrogens with zero attached hydrogens (tertiary/aromatic N) is 2. The molecule has 3 nitrogen and oxygen atoms in total. The monoisotopic (exact) mass is 275 g/mol. The van der Waals surface area contributed by atoms with E-state index in [4.69, 9.17) is 0 Å². The minimum Gasteiger partial charge on any atom is -0.370 e. The second kappa shape index (κ2) is 7.21. The minimum atomic E-state index is -4.20. The summed E-state index contributed by atoms with van der Waals surface area (Å²) in [6, 6.07) is 3.27. The largest absolute Gasteiger partial charge is 0.405 e. The zero-order chi connectivity index (χ0) is 14.3. The van der Waals surface area contributed by atoms with Gasteiger partial charge in [0.25, 0.3) is 0 Å². The van der Waals surface area contributed by atoms with E-state index in [-0.39, 0.29) is 0 Å². The highest BCUT2D eigenvalue weighted by Crippen LogP contribution is 2.23. The molecule has 1 heterocycles. The molecule has 1 aromatic rings. The van der Waals surface area contributed by atoms with Crippen molar-refractivity contribution in [2.45, 2.75) is 32.9 Å². The van der Waals surface area contributed by atoms with Crippen molar-refractivity contribution in [3.05, 3.63) is 18.3 Å². The number of anilines is 2.